The van der Waals surface area contributed by atoms with Crippen molar-refractivity contribution in [3.8, 4) is 0 Å². The van der Waals surface area contributed by atoms with Crippen LogP contribution in [0.1, 0.15) is 12.7 Å². The van der Waals surface area contributed by atoms with Crippen LogP contribution in [-0.4, -0.2) is 26.7 Å². The van der Waals surface area contributed by atoms with Crippen molar-refractivity contribution >= 4 is 11.8 Å². The van der Waals surface area contributed by atoms with Gasteiger partial charge in [-0.2, -0.15) is 0 Å². The standard InChI is InChI=1S/C6H10N4S/c1-4-3-11-6-8-7-5(2)10(6)9-4/h4,9H,3H2,1-2H3. The number of nitrogens with one attached hydrogen (secondary N) is 1. The summed E-state index contributed by atoms with van der Waals surface area (Å²) in [6.45, 7) is 4.09. The van der Waals surface area contributed by atoms with Gasteiger partial charge in [0, 0.05) is 11.8 Å². The maximum atomic E-state index is 4.00. The maximum absolute atomic E-state index is 4.00. The van der Waals surface area contributed by atoms with Crippen LogP contribution in [0.15, 0.2) is 5.16 Å². The molecule has 0 fully saturated rings. The predicted octanol–water partition coefficient (Wildman–Crippen LogP) is 0.624. The molecule has 1 unspecified atom stereocenters. The molecule has 0 saturated carbocycles. The Hall–Kier alpha value is -0.710. The summed E-state index contributed by atoms with van der Waals surface area (Å²) in [6.07, 6.45) is 0. The summed E-state index contributed by atoms with van der Waals surface area (Å²) in [7, 11) is 0. The van der Waals surface area contributed by atoms with Crippen LogP contribution in [0.2, 0.25) is 0 Å². The second-order valence-corrected chi connectivity index (χ2v) is 3.69. The van der Waals surface area contributed by atoms with E-state index >= 15 is 0 Å². The Labute approximate surface area is 69.4 Å². The zero-order valence-corrected chi connectivity index (χ0v) is 7.35. The predicted molar refractivity (Wildman–Crippen MR) is 44.3 cm³/mol. The molecule has 1 aliphatic rings. The fourth-order valence-electron chi connectivity index (χ4n) is 1.04. The van der Waals surface area contributed by atoms with Crippen molar-refractivity contribution in [2.45, 2.75) is 25.0 Å². The average molecular weight is 170 g/mol. The Morgan fingerprint density at radius 3 is 3.27 bits per heavy atom. The Balaban J connectivity index is 2.37. The number of aryl methyl sites for hydroxylation is 1. The number of fused-ring (bicyclic) bond motifs is 1. The van der Waals surface area contributed by atoms with Crippen molar-refractivity contribution < 1.29 is 0 Å². The van der Waals surface area contributed by atoms with E-state index in [9.17, 15) is 0 Å². The molecule has 1 aromatic rings. The molecule has 4 nitrogen and oxygen atoms in total. The molecule has 0 spiro atoms. The first-order valence-corrected chi connectivity index (χ1v) is 4.57. The lowest BCUT2D eigenvalue weighted by atomic mass is 10.4. The minimum atomic E-state index is 0.502. The summed E-state index contributed by atoms with van der Waals surface area (Å²) in [5, 5.41) is 8.94. The summed E-state index contributed by atoms with van der Waals surface area (Å²) in [5.41, 5.74) is 3.28. The molecule has 0 amide bonds. The summed E-state index contributed by atoms with van der Waals surface area (Å²) < 4.78 is 1.94. The molecule has 1 aromatic heterocycles. The molecule has 0 radical (unpaired) electrons. The maximum Gasteiger partial charge on any atom is 0.210 e. The number of hydrogen-bond donors (Lipinski definition) is 1. The van der Waals surface area contributed by atoms with Crippen LogP contribution in [0.25, 0.3) is 0 Å². The van der Waals surface area contributed by atoms with E-state index in [1.807, 2.05) is 11.6 Å². The Kier molecular flexibility index (Phi) is 1.52. The summed E-state index contributed by atoms with van der Waals surface area (Å²) in [4.78, 5) is 0. The van der Waals surface area contributed by atoms with Crippen molar-refractivity contribution in [3.05, 3.63) is 5.82 Å². The molecule has 0 saturated heterocycles. The van der Waals surface area contributed by atoms with Crippen molar-refractivity contribution in [3.63, 3.8) is 0 Å². The molecular formula is C6H10N4S. The minimum Gasteiger partial charge on any atom is -0.319 e. The van der Waals surface area contributed by atoms with Crippen molar-refractivity contribution in [1.29, 1.82) is 0 Å². The van der Waals surface area contributed by atoms with E-state index in [1.54, 1.807) is 11.8 Å². The van der Waals surface area contributed by atoms with E-state index < -0.39 is 0 Å². The summed E-state index contributed by atoms with van der Waals surface area (Å²) in [5.74, 6) is 2.00. The Bertz CT molecular complexity index is 270. The van der Waals surface area contributed by atoms with Crippen molar-refractivity contribution in [1.82, 2.24) is 14.9 Å². The van der Waals surface area contributed by atoms with E-state index in [0.29, 0.717) is 6.04 Å². The van der Waals surface area contributed by atoms with Gasteiger partial charge in [0.1, 0.15) is 5.82 Å². The number of rotatable bonds is 0. The first kappa shape index (κ1) is 6.97. The lowest BCUT2D eigenvalue weighted by Crippen LogP contribution is -2.32. The molecule has 1 N–H and O–H groups in total. The van der Waals surface area contributed by atoms with Crippen LogP contribution in [-0.2, 0) is 0 Å². The van der Waals surface area contributed by atoms with Crippen molar-refractivity contribution in [2.75, 3.05) is 11.2 Å². The largest absolute Gasteiger partial charge is 0.319 e. The van der Waals surface area contributed by atoms with E-state index in [4.69, 9.17) is 0 Å². The normalized spacial score (nSPS) is 22.5. The minimum absolute atomic E-state index is 0.502. The topological polar surface area (TPSA) is 42.7 Å². The fraction of sp³-hybridized carbons (Fsp3) is 0.667. The van der Waals surface area contributed by atoms with Gasteiger partial charge in [-0.05, 0) is 13.8 Å². The zero-order chi connectivity index (χ0) is 7.84. The lowest BCUT2D eigenvalue weighted by Gasteiger charge is -2.22. The smallest absolute Gasteiger partial charge is 0.210 e. The number of aromatic nitrogens is 3. The van der Waals surface area contributed by atoms with Crippen LogP contribution in [0.4, 0.5) is 0 Å². The lowest BCUT2D eigenvalue weighted by molar-refractivity contribution is 0.654. The molecule has 5 heteroatoms. The van der Waals surface area contributed by atoms with E-state index in [2.05, 4.69) is 22.5 Å². The van der Waals surface area contributed by atoms with Gasteiger partial charge >= 0.3 is 0 Å². The van der Waals surface area contributed by atoms with Crippen LogP contribution < -0.4 is 5.43 Å². The van der Waals surface area contributed by atoms with Gasteiger partial charge in [-0.1, -0.05) is 11.8 Å². The molecule has 11 heavy (non-hydrogen) atoms. The molecular weight excluding hydrogens is 160 g/mol. The van der Waals surface area contributed by atoms with Gasteiger partial charge in [0.2, 0.25) is 5.16 Å². The van der Waals surface area contributed by atoms with Gasteiger partial charge < -0.3 is 5.43 Å². The van der Waals surface area contributed by atoms with Gasteiger partial charge in [0.25, 0.3) is 0 Å². The second kappa shape index (κ2) is 2.41. The average Bonchev–Trinajstić information content (AvgIpc) is 2.33. The van der Waals surface area contributed by atoms with Crippen LogP contribution >= 0.6 is 11.8 Å². The molecule has 2 rings (SSSR count). The third kappa shape index (κ3) is 1.09. The van der Waals surface area contributed by atoms with Crippen LogP contribution in [0.3, 0.4) is 0 Å². The Morgan fingerprint density at radius 2 is 2.45 bits per heavy atom. The fourth-order valence-corrected chi connectivity index (χ4v) is 1.93. The third-order valence-electron chi connectivity index (χ3n) is 1.61. The highest BCUT2D eigenvalue weighted by Gasteiger charge is 2.17. The van der Waals surface area contributed by atoms with Gasteiger partial charge in [0.05, 0.1) is 0 Å². The molecule has 0 aromatic carbocycles. The number of hydrogen-bond acceptors (Lipinski definition) is 4. The zero-order valence-electron chi connectivity index (χ0n) is 6.53. The molecule has 0 aliphatic carbocycles. The van der Waals surface area contributed by atoms with E-state index in [1.165, 1.54) is 0 Å². The van der Waals surface area contributed by atoms with E-state index in [0.717, 1.165) is 16.7 Å². The van der Waals surface area contributed by atoms with Crippen LogP contribution in [0, 0.1) is 6.92 Å². The SMILES string of the molecule is Cc1nnc2n1NC(C)CS2. The molecule has 1 aliphatic heterocycles. The van der Waals surface area contributed by atoms with E-state index in [-0.39, 0.29) is 0 Å². The Morgan fingerprint density at radius 1 is 1.64 bits per heavy atom. The third-order valence-corrected chi connectivity index (χ3v) is 2.80. The first-order valence-electron chi connectivity index (χ1n) is 3.59. The summed E-state index contributed by atoms with van der Waals surface area (Å²) in [6, 6.07) is 0.502. The molecule has 0 bridgehead atoms. The highest BCUT2D eigenvalue weighted by atomic mass is 32.2. The number of nitrogens with zero attached hydrogens (tertiary/aromatic N) is 3. The highest BCUT2D eigenvalue weighted by Crippen LogP contribution is 2.20. The van der Waals surface area contributed by atoms with Crippen molar-refractivity contribution in [2.24, 2.45) is 0 Å². The highest BCUT2D eigenvalue weighted by molar-refractivity contribution is 7.99. The second-order valence-electron chi connectivity index (χ2n) is 2.71. The molecule has 1 atom stereocenters. The number of thioether (sulfide) groups is 1. The molecule has 2 heterocycles. The monoisotopic (exact) mass is 170 g/mol. The van der Waals surface area contributed by atoms with Gasteiger partial charge in [0.15, 0.2) is 0 Å². The van der Waals surface area contributed by atoms with Gasteiger partial charge in [-0.15, -0.1) is 10.2 Å². The molecule has 60 valence electrons. The van der Waals surface area contributed by atoms with Gasteiger partial charge in [-0.25, -0.2) is 4.68 Å². The van der Waals surface area contributed by atoms with Gasteiger partial charge in [-0.3, -0.25) is 0 Å². The summed E-state index contributed by atoms with van der Waals surface area (Å²) >= 11 is 1.74. The quantitative estimate of drug-likeness (QED) is 0.620. The first-order chi connectivity index (χ1) is 5.27. The van der Waals surface area contributed by atoms with Crippen LogP contribution in [0.5, 0.6) is 0 Å².